The first-order valence-electron chi connectivity index (χ1n) is 13.0. The molecule has 3 aliphatic carbocycles. The summed E-state index contributed by atoms with van der Waals surface area (Å²) >= 11 is -2.09. The fourth-order valence-electron chi connectivity index (χ4n) is 5.85. The van der Waals surface area contributed by atoms with Gasteiger partial charge in [0.15, 0.2) is 0 Å². The molecule has 0 aliphatic heterocycles. The Bertz CT molecular complexity index is 1190. The molecular weight excluding hydrogens is 546 g/mol. The maximum Gasteiger partial charge on any atom is -1.00 e. The zero-order valence-electron chi connectivity index (χ0n) is 22.3. The number of rotatable bonds is 2. The van der Waals surface area contributed by atoms with E-state index in [0.717, 1.165) is 6.42 Å². The van der Waals surface area contributed by atoms with E-state index in [9.17, 15) is 0 Å². The topological polar surface area (TPSA) is 0 Å². The van der Waals surface area contributed by atoms with Gasteiger partial charge in [-0.25, -0.2) is 0 Å². The zero-order valence-corrected chi connectivity index (χ0v) is 26.3. The largest absolute Gasteiger partial charge is 1.00 e. The van der Waals surface area contributed by atoms with Crippen molar-refractivity contribution in [3.8, 4) is 11.1 Å². The molecule has 0 saturated heterocycles. The van der Waals surface area contributed by atoms with Gasteiger partial charge in [-0.2, -0.15) is 0 Å². The molecule has 1 saturated carbocycles. The first kappa shape index (κ1) is 28.8. The molecule has 35 heavy (non-hydrogen) atoms. The van der Waals surface area contributed by atoms with Gasteiger partial charge in [-0.3, -0.25) is 0 Å². The predicted octanol–water partition coefficient (Wildman–Crippen LogP) is 2.08. The number of hydrogen-bond acceptors (Lipinski definition) is 0. The van der Waals surface area contributed by atoms with E-state index in [-0.39, 0.29) is 35.6 Å². The summed E-state index contributed by atoms with van der Waals surface area (Å²) in [4.78, 5) is 0. The SMILES string of the molecule is CC(C)(C)c1ccc2c(c1)-c1cc(C(C)(C)C)c[c]([Zr+2]([C]3=CC=CC3)=[C]3CCCCC3)c1C2.[Cl-].[Cl-]. The maximum absolute atomic E-state index is 2.69. The van der Waals surface area contributed by atoms with Crippen molar-refractivity contribution < 1.29 is 46.1 Å². The number of allylic oxidation sites excluding steroid dienone is 4. The van der Waals surface area contributed by atoms with Crippen molar-refractivity contribution in [1.29, 1.82) is 0 Å². The fourth-order valence-corrected chi connectivity index (χ4v) is 14.3. The van der Waals surface area contributed by atoms with E-state index in [1.165, 1.54) is 55.2 Å². The Morgan fingerprint density at radius 1 is 0.743 bits per heavy atom. The Labute approximate surface area is 233 Å². The summed E-state index contributed by atoms with van der Waals surface area (Å²) in [5, 5.41) is 0. The number of benzene rings is 2. The molecule has 0 aromatic heterocycles. The molecule has 0 heterocycles. The predicted molar refractivity (Wildman–Crippen MR) is 142 cm³/mol. The first-order valence-corrected chi connectivity index (χ1v) is 16.7. The molecule has 0 spiro atoms. The van der Waals surface area contributed by atoms with Gasteiger partial charge < -0.3 is 24.8 Å². The molecule has 0 radical (unpaired) electrons. The Morgan fingerprint density at radius 3 is 2.00 bits per heavy atom. The minimum Gasteiger partial charge on any atom is -1.00 e. The van der Waals surface area contributed by atoms with Crippen molar-refractivity contribution in [2.24, 2.45) is 0 Å². The van der Waals surface area contributed by atoms with Crippen molar-refractivity contribution in [3.05, 3.63) is 74.1 Å². The van der Waals surface area contributed by atoms with E-state index in [2.05, 4.69) is 90.1 Å². The summed E-state index contributed by atoms with van der Waals surface area (Å²) in [6, 6.07) is 12.6. The molecule has 0 unspecified atom stereocenters. The summed E-state index contributed by atoms with van der Waals surface area (Å²) < 4.78 is 5.60. The van der Waals surface area contributed by atoms with Crippen molar-refractivity contribution in [3.63, 3.8) is 0 Å². The molecule has 2 aromatic carbocycles. The Morgan fingerprint density at radius 2 is 1.40 bits per heavy atom. The minimum atomic E-state index is -2.09. The molecule has 0 nitrogen and oxygen atoms in total. The summed E-state index contributed by atoms with van der Waals surface area (Å²) in [6.07, 6.45) is 16.6. The van der Waals surface area contributed by atoms with Gasteiger partial charge >= 0.3 is 210 Å². The third-order valence-corrected chi connectivity index (χ3v) is 15.8. The van der Waals surface area contributed by atoms with Crippen LogP contribution in [0.25, 0.3) is 11.1 Å². The number of fused-ring (bicyclic) bond motifs is 3. The Hall–Kier alpha value is -0.747. The van der Waals surface area contributed by atoms with E-state index in [1.54, 1.807) is 20.0 Å². The molecule has 0 atom stereocenters. The second-order valence-corrected chi connectivity index (χ2v) is 18.9. The number of hydrogen-bond donors (Lipinski definition) is 0. The van der Waals surface area contributed by atoms with Crippen molar-refractivity contribution >= 4 is 6.48 Å². The molecule has 0 bridgehead atoms. The normalized spacial score (nSPS) is 16.5. The maximum atomic E-state index is 2.69. The molecule has 1 fully saturated rings. The second kappa shape index (κ2) is 10.9. The smallest absolute Gasteiger partial charge is 1.00 e. The Balaban J connectivity index is 0.00000171. The monoisotopic (exact) mass is 584 g/mol. The van der Waals surface area contributed by atoms with Gasteiger partial charge in [-0.1, -0.05) is 0 Å². The average Bonchev–Trinajstić information content (AvgIpc) is 3.41. The van der Waals surface area contributed by atoms with Crippen LogP contribution in [-0.2, 0) is 38.5 Å². The van der Waals surface area contributed by atoms with Crippen LogP contribution >= 0.6 is 0 Å². The molecule has 5 rings (SSSR count). The van der Waals surface area contributed by atoms with Crippen LogP contribution in [0.5, 0.6) is 0 Å². The second-order valence-electron chi connectivity index (χ2n) is 12.5. The van der Waals surface area contributed by atoms with Crippen LogP contribution < -0.4 is 28.1 Å². The summed E-state index contributed by atoms with van der Waals surface area (Å²) in [5.41, 5.74) is 9.64. The van der Waals surface area contributed by atoms with E-state index >= 15 is 0 Å². The third kappa shape index (κ3) is 5.74. The first-order chi connectivity index (χ1) is 15.6. The van der Waals surface area contributed by atoms with Crippen molar-refractivity contribution in [2.75, 3.05) is 0 Å². The third-order valence-electron chi connectivity index (χ3n) is 7.92. The standard InChI is InChI=1S/C21H25.C6H10.C5H5.2ClH.Zr/c1-20(2,3)16-9-7-14-11-15-8-10-17(21(4,5)6)13-19(15)18(14)12-16;1-2-4-6-5-3-1;1-2-4-5-3-1;;;/h7,9-10,12-13H,11H2,1-6H3;1-5H2;1-3H,4H2;2*1H;/q;;;;;+2/p-2. The van der Waals surface area contributed by atoms with Crippen LogP contribution in [0.1, 0.15) is 102 Å². The van der Waals surface area contributed by atoms with E-state index in [1.807, 2.05) is 6.49 Å². The van der Waals surface area contributed by atoms with Crippen molar-refractivity contribution in [2.45, 2.75) is 97.3 Å². The zero-order chi connectivity index (χ0) is 23.4. The molecule has 186 valence electrons. The van der Waals surface area contributed by atoms with Gasteiger partial charge in [0.05, 0.1) is 0 Å². The fraction of sp³-hybridized carbons (Fsp3) is 0.469. The van der Waals surface area contributed by atoms with Gasteiger partial charge in [0.1, 0.15) is 0 Å². The van der Waals surface area contributed by atoms with Gasteiger partial charge in [0.25, 0.3) is 0 Å². The number of halogens is 2. The molecular formula is C32H40Cl2Zr. The van der Waals surface area contributed by atoms with Crippen LogP contribution in [0.2, 0.25) is 0 Å². The minimum absolute atomic E-state index is 0. The Kier molecular flexibility index (Phi) is 9.00. The van der Waals surface area contributed by atoms with E-state index < -0.39 is 21.3 Å². The van der Waals surface area contributed by atoms with Crippen LogP contribution in [0, 0.1) is 0 Å². The van der Waals surface area contributed by atoms with Crippen LogP contribution in [0.3, 0.4) is 0 Å². The quantitative estimate of drug-likeness (QED) is 0.432. The van der Waals surface area contributed by atoms with Gasteiger partial charge in [-0.05, 0) is 0 Å². The van der Waals surface area contributed by atoms with Crippen LogP contribution in [-0.4, -0.2) is 3.21 Å². The summed E-state index contributed by atoms with van der Waals surface area (Å²) in [7, 11) is 0. The molecule has 0 amide bonds. The van der Waals surface area contributed by atoms with Gasteiger partial charge in [-0.15, -0.1) is 0 Å². The average molecular weight is 587 g/mol. The molecule has 3 aliphatic rings. The van der Waals surface area contributed by atoms with Crippen molar-refractivity contribution in [1.82, 2.24) is 0 Å². The van der Waals surface area contributed by atoms with Gasteiger partial charge in [0, 0.05) is 0 Å². The summed E-state index contributed by atoms with van der Waals surface area (Å²) in [6.45, 7) is 14.2. The molecule has 0 N–H and O–H groups in total. The summed E-state index contributed by atoms with van der Waals surface area (Å²) in [5.74, 6) is 0. The van der Waals surface area contributed by atoms with Crippen LogP contribution in [0.15, 0.2) is 51.8 Å². The molecule has 3 heteroatoms. The van der Waals surface area contributed by atoms with Crippen LogP contribution in [0.4, 0.5) is 0 Å². The molecule has 2 aromatic rings. The van der Waals surface area contributed by atoms with Gasteiger partial charge in [0.2, 0.25) is 0 Å². The van der Waals surface area contributed by atoms with E-state index in [0.29, 0.717) is 0 Å². The van der Waals surface area contributed by atoms with E-state index in [4.69, 9.17) is 0 Å².